The number of carbonyl (C=O) groups is 2. The predicted octanol–water partition coefficient (Wildman–Crippen LogP) is 3.34. The van der Waals surface area contributed by atoms with Crippen molar-refractivity contribution in [3.05, 3.63) is 63.6 Å². The van der Waals surface area contributed by atoms with Gasteiger partial charge >= 0.3 is 0 Å². The van der Waals surface area contributed by atoms with Crippen molar-refractivity contribution in [2.75, 3.05) is 19.7 Å². The van der Waals surface area contributed by atoms with Gasteiger partial charge in [0, 0.05) is 25.6 Å². The first-order chi connectivity index (χ1) is 14.3. The molecule has 0 fully saturated rings. The van der Waals surface area contributed by atoms with Crippen LogP contribution in [0.25, 0.3) is 0 Å². The number of nitrogens with one attached hydrogen (secondary N) is 2. The molecule has 162 valence electrons. The van der Waals surface area contributed by atoms with Crippen LogP contribution in [-0.4, -0.2) is 42.7 Å². The second kappa shape index (κ2) is 11.7. The molecule has 0 saturated carbocycles. The molecule has 2 aromatic rings. The van der Waals surface area contributed by atoms with Gasteiger partial charge in [0.1, 0.15) is 35.1 Å². The van der Waals surface area contributed by atoms with Crippen LogP contribution in [0, 0.1) is 11.6 Å². The van der Waals surface area contributed by atoms with Crippen LogP contribution in [0.15, 0.2) is 36.4 Å². The molecule has 30 heavy (non-hydrogen) atoms. The highest BCUT2D eigenvalue weighted by Gasteiger charge is 2.13. The molecule has 10 heteroatoms. The summed E-state index contributed by atoms with van der Waals surface area (Å²) in [5.74, 6) is -2.44. The summed E-state index contributed by atoms with van der Waals surface area (Å²) < 4.78 is 31.7. The van der Waals surface area contributed by atoms with E-state index < -0.39 is 23.6 Å². The minimum absolute atomic E-state index is 0.0375. The second-order valence-electron chi connectivity index (χ2n) is 6.30. The second-order valence-corrected chi connectivity index (χ2v) is 7.09. The maximum atomic E-state index is 13.5. The predicted molar refractivity (Wildman–Crippen MR) is 109 cm³/mol. The quantitative estimate of drug-likeness (QED) is 0.474. The molecule has 0 radical (unpaired) electrons. The van der Waals surface area contributed by atoms with E-state index in [1.807, 2.05) is 0 Å². The van der Waals surface area contributed by atoms with Crippen molar-refractivity contribution in [1.29, 1.82) is 0 Å². The van der Waals surface area contributed by atoms with E-state index in [2.05, 4.69) is 10.6 Å². The van der Waals surface area contributed by atoms with Crippen LogP contribution < -0.4 is 15.4 Å². The van der Waals surface area contributed by atoms with Crippen LogP contribution in [0.3, 0.4) is 0 Å². The Hall–Kier alpha value is -2.42. The Morgan fingerprint density at radius 1 is 1.13 bits per heavy atom. The van der Waals surface area contributed by atoms with Crippen molar-refractivity contribution in [3.8, 4) is 5.75 Å². The molecule has 3 N–H and O–H groups in total. The zero-order valence-corrected chi connectivity index (χ0v) is 17.3. The molecule has 0 spiro atoms. The lowest BCUT2D eigenvalue weighted by atomic mass is 10.2. The van der Waals surface area contributed by atoms with Gasteiger partial charge in [-0.25, -0.2) is 8.78 Å². The van der Waals surface area contributed by atoms with E-state index >= 15 is 0 Å². The minimum Gasteiger partial charge on any atom is -0.489 e. The smallest absolute Gasteiger partial charge is 0.254 e. The van der Waals surface area contributed by atoms with Gasteiger partial charge in [-0.1, -0.05) is 29.3 Å². The SMILES string of the molecule is O=C(CCCNC(=O)c1ccc(F)cc1F)NCC(O)COc1cccc(Cl)c1Cl. The minimum atomic E-state index is -0.967. The molecule has 2 rings (SSSR count). The molecule has 0 heterocycles. The van der Waals surface area contributed by atoms with Gasteiger partial charge in [0.05, 0.1) is 10.6 Å². The van der Waals surface area contributed by atoms with E-state index in [9.17, 15) is 23.5 Å². The Balaban J connectivity index is 1.62. The summed E-state index contributed by atoms with van der Waals surface area (Å²) in [5.41, 5.74) is -0.274. The van der Waals surface area contributed by atoms with Gasteiger partial charge in [0.15, 0.2) is 0 Å². The van der Waals surface area contributed by atoms with Gasteiger partial charge in [-0.15, -0.1) is 0 Å². The molecule has 1 unspecified atom stereocenters. The van der Waals surface area contributed by atoms with Crippen molar-refractivity contribution in [2.24, 2.45) is 0 Å². The molecule has 0 aromatic heterocycles. The van der Waals surface area contributed by atoms with E-state index in [1.165, 1.54) is 0 Å². The van der Waals surface area contributed by atoms with E-state index in [0.717, 1.165) is 12.1 Å². The number of amides is 2. The Labute approximate surface area is 182 Å². The maximum absolute atomic E-state index is 13.5. The van der Waals surface area contributed by atoms with Crippen molar-refractivity contribution in [1.82, 2.24) is 10.6 Å². The fraction of sp³-hybridized carbons (Fsp3) is 0.300. The normalized spacial score (nSPS) is 11.6. The van der Waals surface area contributed by atoms with Crippen LogP contribution in [0.5, 0.6) is 5.75 Å². The lowest BCUT2D eigenvalue weighted by Gasteiger charge is -2.14. The van der Waals surface area contributed by atoms with E-state index in [1.54, 1.807) is 18.2 Å². The molecule has 6 nitrogen and oxygen atoms in total. The average Bonchev–Trinajstić information content (AvgIpc) is 2.70. The molecule has 0 saturated heterocycles. The third-order valence-corrected chi connectivity index (χ3v) is 4.73. The number of carbonyl (C=O) groups excluding carboxylic acids is 2. The number of aliphatic hydroxyl groups is 1. The van der Waals surface area contributed by atoms with Gasteiger partial charge in [0.2, 0.25) is 5.91 Å². The molecule has 0 aliphatic carbocycles. The van der Waals surface area contributed by atoms with Crippen molar-refractivity contribution in [2.45, 2.75) is 18.9 Å². The Morgan fingerprint density at radius 3 is 2.63 bits per heavy atom. The number of halogens is 4. The first-order valence-corrected chi connectivity index (χ1v) is 9.78. The summed E-state index contributed by atoms with van der Waals surface area (Å²) in [7, 11) is 0. The summed E-state index contributed by atoms with van der Waals surface area (Å²) in [4.78, 5) is 23.6. The van der Waals surface area contributed by atoms with Crippen LogP contribution in [0.4, 0.5) is 8.78 Å². The fourth-order valence-corrected chi connectivity index (χ4v) is 2.73. The molecular formula is C20H20Cl2F2N2O4. The lowest BCUT2D eigenvalue weighted by Crippen LogP contribution is -2.35. The third-order valence-electron chi connectivity index (χ3n) is 3.92. The van der Waals surface area contributed by atoms with Gasteiger partial charge < -0.3 is 20.5 Å². The third kappa shape index (κ3) is 7.44. The van der Waals surface area contributed by atoms with Gasteiger partial charge in [-0.2, -0.15) is 0 Å². The van der Waals surface area contributed by atoms with Crippen molar-refractivity contribution in [3.63, 3.8) is 0 Å². The number of rotatable bonds is 10. The maximum Gasteiger partial charge on any atom is 0.254 e. The highest BCUT2D eigenvalue weighted by Crippen LogP contribution is 2.31. The first kappa shape index (κ1) is 23.9. The zero-order chi connectivity index (χ0) is 22.1. The molecule has 0 aliphatic heterocycles. The monoisotopic (exact) mass is 460 g/mol. The summed E-state index contributed by atoms with van der Waals surface area (Å²) >= 11 is 11.8. The van der Waals surface area contributed by atoms with Crippen LogP contribution in [-0.2, 0) is 4.79 Å². The van der Waals surface area contributed by atoms with E-state index in [-0.39, 0.29) is 42.6 Å². The number of benzene rings is 2. The van der Waals surface area contributed by atoms with Gasteiger partial charge in [-0.05, 0) is 30.7 Å². The van der Waals surface area contributed by atoms with Crippen LogP contribution in [0.1, 0.15) is 23.2 Å². The standard InChI is InChI=1S/C20H20Cl2F2N2O4/c21-15-3-1-4-17(19(15)22)30-11-13(27)10-26-18(28)5-2-8-25-20(29)14-7-6-12(23)9-16(14)24/h1,3-4,6-7,9,13,27H,2,5,8,10-11H2,(H,25,29)(H,26,28). The Kier molecular flexibility index (Phi) is 9.29. The number of aliphatic hydroxyl groups excluding tert-OH is 1. The molecule has 1 atom stereocenters. The highest BCUT2D eigenvalue weighted by atomic mass is 35.5. The van der Waals surface area contributed by atoms with E-state index in [4.69, 9.17) is 27.9 Å². The fourth-order valence-electron chi connectivity index (χ4n) is 2.38. The van der Waals surface area contributed by atoms with Gasteiger partial charge in [-0.3, -0.25) is 9.59 Å². The summed E-state index contributed by atoms with van der Waals surface area (Å²) in [5, 5.41) is 15.5. The lowest BCUT2D eigenvalue weighted by molar-refractivity contribution is -0.121. The molecule has 2 aromatic carbocycles. The van der Waals surface area contributed by atoms with Crippen molar-refractivity contribution >= 4 is 35.0 Å². The highest BCUT2D eigenvalue weighted by molar-refractivity contribution is 6.42. The van der Waals surface area contributed by atoms with Crippen molar-refractivity contribution < 1.29 is 28.2 Å². The number of ether oxygens (including phenoxy) is 1. The van der Waals surface area contributed by atoms with Crippen LogP contribution >= 0.6 is 23.2 Å². The average molecular weight is 461 g/mol. The molecule has 2 amide bonds. The molecule has 0 aliphatic rings. The largest absolute Gasteiger partial charge is 0.489 e. The van der Waals surface area contributed by atoms with E-state index in [0.29, 0.717) is 23.3 Å². The van der Waals surface area contributed by atoms with Gasteiger partial charge in [0.25, 0.3) is 5.91 Å². The summed E-state index contributed by atoms with van der Waals surface area (Å²) in [6, 6.07) is 7.52. The van der Waals surface area contributed by atoms with Crippen LogP contribution in [0.2, 0.25) is 10.0 Å². The molecule has 0 bridgehead atoms. The Bertz CT molecular complexity index is 899. The Morgan fingerprint density at radius 2 is 1.90 bits per heavy atom. The summed E-state index contributed by atoms with van der Waals surface area (Å²) in [6.45, 7) is -0.00813. The summed E-state index contributed by atoms with van der Waals surface area (Å²) in [6.07, 6.45) is -0.588. The first-order valence-electron chi connectivity index (χ1n) is 9.02. The zero-order valence-electron chi connectivity index (χ0n) is 15.8. The number of hydrogen-bond acceptors (Lipinski definition) is 4. The number of hydrogen-bond donors (Lipinski definition) is 3. The topological polar surface area (TPSA) is 87.7 Å². The molecular weight excluding hydrogens is 441 g/mol.